The Labute approximate surface area is 184 Å². The summed E-state index contributed by atoms with van der Waals surface area (Å²) in [7, 11) is 0. The minimum Gasteiger partial charge on any atom is -0.481 e. The average molecular weight is 431 g/mol. The van der Waals surface area contributed by atoms with E-state index in [-0.39, 0.29) is 23.8 Å². The third-order valence-electron chi connectivity index (χ3n) is 5.00. The maximum Gasteiger partial charge on any atom is 0.264 e. The molecule has 32 heavy (non-hydrogen) atoms. The first-order valence-electron chi connectivity index (χ1n) is 10.2. The molecule has 3 aromatic carbocycles. The fourth-order valence-corrected chi connectivity index (χ4v) is 3.43. The Morgan fingerprint density at radius 3 is 2.44 bits per heavy atom. The highest BCUT2D eigenvalue weighted by atomic mass is 19.1. The Morgan fingerprint density at radius 1 is 1.00 bits per heavy atom. The van der Waals surface area contributed by atoms with Crippen molar-refractivity contribution in [2.75, 3.05) is 0 Å². The number of nitrogens with zero attached hydrogens (tertiary/aromatic N) is 2. The number of benzene rings is 3. The number of carbonyl (C=O) groups is 1. The second-order valence-electron chi connectivity index (χ2n) is 7.42. The van der Waals surface area contributed by atoms with Gasteiger partial charge in [-0.25, -0.2) is 9.37 Å². The maximum atomic E-state index is 13.3. The number of fused-ring (bicyclic) bond motifs is 1. The quantitative estimate of drug-likeness (QED) is 0.479. The predicted octanol–water partition coefficient (Wildman–Crippen LogP) is 4.06. The van der Waals surface area contributed by atoms with Gasteiger partial charge in [0, 0.05) is 6.54 Å². The topological polar surface area (TPSA) is 75.3 Å². The number of H-pyrrole nitrogens is 1. The molecule has 162 valence electrons. The zero-order valence-corrected chi connectivity index (χ0v) is 17.5. The number of rotatable bonds is 7. The van der Waals surface area contributed by atoms with Crippen molar-refractivity contribution in [3.63, 3.8) is 0 Å². The van der Waals surface area contributed by atoms with Crippen LogP contribution in [0.1, 0.15) is 18.3 Å². The summed E-state index contributed by atoms with van der Waals surface area (Å²) in [6.07, 6.45) is -0.823. The van der Waals surface area contributed by atoms with E-state index in [0.29, 0.717) is 29.0 Å². The van der Waals surface area contributed by atoms with E-state index in [1.165, 1.54) is 24.3 Å². The summed E-state index contributed by atoms with van der Waals surface area (Å²) in [6, 6.07) is 22.1. The van der Waals surface area contributed by atoms with Crippen molar-refractivity contribution in [1.29, 1.82) is 0 Å². The molecule has 6 nitrogen and oxygen atoms in total. The highest BCUT2D eigenvalue weighted by Crippen LogP contribution is 2.16. The maximum absolute atomic E-state index is 13.3. The molecule has 0 radical (unpaired) electrons. The number of hydrogen-bond acceptors (Lipinski definition) is 4. The van der Waals surface area contributed by atoms with Crippen LogP contribution in [0, 0.1) is 5.82 Å². The van der Waals surface area contributed by atoms with Crippen LogP contribution in [0.4, 0.5) is 4.39 Å². The monoisotopic (exact) mass is 431 g/mol. The van der Waals surface area contributed by atoms with Crippen molar-refractivity contribution in [2.24, 2.45) is 0 Å². The van der Waals surface area contributed by atoms with Gasteiger partial charge in [-0.1, -0.05) is 42.5 Å². The molecule has 1 atom stereocenters. The molecule has 0 fully saturated rings. The van der Waals surface area contributed by atoms with E-state index in [4.69, 9.17) is 4.74 Å². The smallest absolute Gasteiger partial charge is 0.264 e. The number of halogens is 1. The molecule has 0 spiro atoms. The third-order valence-corrected chi connectivity index (χ3v) is 5.00. The van der Waals surface area contributed by atoms with Crippen LogP contribution >= 0.6 is 0 Å². The lowest BCUT2D eigenvalue weighted by Crippen LogP contribution is -2.40. The van der Waals surface area contributed by atoms with E-state index >= 15 is 0 Å². The normalized spacial score (nSPS) is 11.8. The van der Waals surface area contributed by atoms with Crippen molar-refractivity contribution >= 4 is 16.8 Å². The summed E-state index contributed by atoms with van der Waals surface area (Å²) in [5.41, 5.74) is 1.24. The molecule has 7 heteroatoms. The summed E-state index contributed by atoms with van der Waals surface area (Å²) in [4.78, 5) is 34.6. The molecule has 0 saturated carbocycles. The van der Waals surface area contributed by atoms with Crippen LogP contribution in [0.5, 0.6) is 5.75 Å². The molecule has 0 aliphatic heterocycles. The van der Waals surface area contributed by atoms with E-state index in [9.17, 15) is 14.0 Å². The van der Waals surface area contributed by atoms with Gasteiger partial charge in [-0.2, -0.15) is 0 Å². The van der Waals surface area contributed by atoms with Crippen LogP contribution in [0.15, 0.2) is 83.7 Å². The number of carbonyl (C=O) groups excluding carboxylic acids is 1. The largest absolute Gasteiger partial charge is 0.481 e. The van der Waals surface area contributed by atoms with Crippen LogP contribution in [-0.4, -0.2) is 26.9 Å². The number of ether oxygens (including phenoxy) is 1. The van der Waals surface area contributed by atoms with Crippen molar-refractivity contribution in [3.8, 4) is 5.75 Å². The first kappa shape index (κ1) is 21.2. The van der Waals surface area contributed by atoms with Crippen molar-refractivity contribution in [2.45, 2.75) is 26.1 Å². The fraction of sp³-hybridized carbons (Fsp3) is 0.160. The zero-order chi connectivity index (χ0) is 22.5. The molecule has 0 bridgehead atoms. The molecule has 0 aliphatic rings. The molecule has 0 saturated heterocycles. The van der Waals surface area contributed by atoms with Gasteiger partial charge in [-0.05, 0) is 48.9 Å². The first-order valence-corrected chi connectivity index (χ1v) is 10.2. The molecule has 1 unspecified atom stereocenters. The second-order valence-corrected chi connectivity index (χ2v) is 7.42. The van der Waals surface area contributed by atoms with Crippen LogP contribution in [0.3, 0.4) is 0 Å². The van der Waals surface area contributed by atoms with E-state index in [1.807, 2.05) is 36.4 Å². The zero-order valence-electron chi connectivity index (χ0n) is 17.5. The molecular weight excluding hydrogens is 409 g/mol. The molecule has 1 aromatic heterocycles. The predicted molar refractivity (Wildman–Crippen MR) is 120 cm³/mol. The summed E-state index contributed by atoms with van der Waals surface area (Å²) in [5.74, 6) is 0.110. The number of para-hydroxylation sites is 1. The number of aromatic amines is 1. The summed E-state index contributed by atoms with van der Waals surface area (Å²) in [5, 5.41) is 0.491. The minimum atomic E-state index is -0.823. The van der Waals surface area contributed by atoms with Crippen LogP contribution in [0.25, 0.3) is 10.9 Å². The van der Waals surface area contributed by atoms with Gasteiger partial charge in [0.05, 0.1) is 17.4 Å². The lowest BCUT2D eigenvalue weighted by molar-refractivity contribution is -0.139. The Kier molecular flexibility index (Phi) is 6.26. The third kappa shape index (κ3) is 5.00. The highest BCUT2D eigenvalue weighted by molar-refractivity contribution is 5.81. The van der Waals surface area contributed by atoms with Gasteiger partial charge in [-0.3, -0.25) is 9.59 Å². The van der Waals surface area contributed by atoms with E-state index < -0.39 is 6.10 Å². The Balaban J connectivity index is 1.60. The average Bonchev–Trinajstić information content (AvgIpc) is 2.80. The van der Waals surface area contributed by atoms with E-state index in [0.717, 1.165) is 5.56 Å². The standard InChI is InChI=1S/C25H22FN3O3/c1-17(32-20-13-11-19(26)12-14-20)25(31)29(15-18-7-3-2-4-8-18)16-23-27-22-10-6-5-9-21(22)24(30)28-23/h2-14,17H,15-16H2,1H3,(H,27,28,30). The van der Waals surface area contributed by atoms with Gasteiger partial charge in [-0.15, -0.1) is 0 Å². The first-order chi connectivity index (χ1) is 15.5. The Morgan fingerprint density at radius 2 is 1.69 bits per heavy atom. The molecule has 1 N–H and O–H groups in total. The van der Waals surface area contributed by atoms with Gasteiger partial charge in [0.1, 0.15) is 17.4 Å². The highest BCUT2D eigenvalue weighted by Gasteiger charge is 2.24. The number of aromatic nitrogens is 2. The lowest BCUT2D eigenvalue weighted by atomic mass is 10.2. The SMILES string of the molecule is CC(Oc1ccc(F)cc1)C(=O)N(Cc1ccccc1)Cc1nc2ccccc2c(=O)[nH]1. The summed E-state index contributed by atoms with van der Waals surface area (Å²) >= 11 is 0. The number of nitrogens with one attached hydrogen (secondary N) is 1. The second kappa shape index (κ2) is 9.43. The van der Waals surface area contributed by atoms with Crippen LogP contribution in [0.2, 0.25) is 0 Å². The van der Waals surface area contributed by atoms with Gasteiger partial charge in [0.2, 0.25) is 0 Å². The minimum absolute atomic E-state index is 0.102. The molecular formula is C25H22FN3O3. The molecule has 4 rings (SSSR count). The van der Waals surface area contributed by atoms with E-state index in [2.05, 4.69) is 9.97 Å². The summed E-state index contributed by atoms with van der Waals surface area (Å²) in [6.45, 7) is 2.05. The number of amides is 1. The van der Waals surface area contributed by atoms with E-state index in [1.54, 1.807) is 30.0 Å². The molecule has 1 heterocycles. The lowest BCUT2D eigenvalue weighted by Gasteiger charge is -2.26. The van der Waals surface area contributed by atoms with Gasteiger partial charge in [0.25, 0.3) is 11.5 Å². The Bertz CT molecular complexity index is 1270. The van der Waals surface area contributed by atoms with Crippen LogP contribution in [-0.2, 0) is 17.9 Å². The molecule has 0 aliphatic carbocycles. The van der Waals surface area contributed by atoms with Crippen molar-refractivity contribution in [1.82, 2.24) is 14.9 Å². The van der Waals surface area contributed by atoms with Crippen LogP contribution < -0.4 is 10.3 Å². The van der Waals surface area contributed by atoms with Gasteiger partial charge in [0.15, 0.2) is 6.10 Å². The summed E-state index contributed by atoms with van der Waals surface area (Å²) < 4.78 is 18.9. The van der Waals surface area contributed by atoms with Gasteiger partial charge >= 0.3 is 0 Å². The fourth-order valence-electron chi connectivity index (χ4n) is 3.43. The van der Waals surface area contributed by atoms with Gasteiger partial charge < -0.3 is 14.6 Å². The van der Waals surface area contributed by atoms with Crippen molar-refractivity contribution in [3.05, 3.63) is 106 Å². The number of hydrogen-bond donors (Lipinski definition) is 1. The molecule has 1 amide bonds. The van der Waals surface area contributed by atoms with Crippen molar-refractivity contribution < 1.29 is 13.9 Å². The Hall–Kier alpha value is -4.00. The molecule has 4 aromatic rings.